The number of nitrogens with one attached hydrogen (secondary N) is 3. The van der Waals surface area contributed by atoms with E-state index < -0.39 is 0 Å². The molecular formula is C19H20ClN3O2. The number of rotatable bonds is 2. The highest BCUT2D eigenvalue weighted by atomic mass is 35.5. The Balaban J connectivity index is 0.00000182. The van der Waals surface area contributed by atoms with Gasteiger partial charge in [0.25, 0.3) is 5.91 Å². The van der Waals surface area contributed by atoms with Crippen molar-refractivity contribution in [2.45, 2.75) is 25.8 Å². The van der Waals surface area contributed by atoms with Gasteiger partial charge in [-0.05, 0) is 66.4 Å². The van der Waals surface area contributed by atoms with Crippen molar-refractivity contribution in [3.63, 3.8) is 0 Å². The van der Waals surface area contributed by atoms with Crippen LogP contribution in [0.1, 0.15) is 33.5 Å². The Morgan fingerprint density at radius 3 is 2.72 bits per heavy atom. The fourth-order valence-electron chi connectivity index (χ4n) is 3.29. The molecule has 0 fully saturated rings. The predicted molar refractivity (Wildman–Crippen MR) is 100 cm³/mol. The molecule has 0 spiro atoms. The molecule has 2 aliphatic heterocycles. The van der Waals surface area contributed by atoms with E-state index >= 15 is 0 Å². The van der Waals surface area contributed by atoms with Crippen LogP contribution in [0.4, 0.5) is 11.4 Å². The summed E-state index contributed by atoms with van der Waals surface area (Å²) in [7, 11) is 0. The minimum absolute atomic E-state index is 0. The Labute approximate surface area is 152 Å². The van der Waals surface area contributed by atoms with Crippen LogP contribution < -0.4 is 16.0 Å². The van der Waals surface area contributed by atoms with E-state index in [2.05, 4.69) is 22.0 Å². The standard InChI is InChI=1S/C19H19N3O2.ClH/c23-18-6-3-13-9-14(2-5-17(13)22-18)19(24)21-16-4-1-12-7-8-20-11-15(12)10-16;/h1-2,4-5,9-10,20H,3,6-8,11H2,(H,21,24)(H,22,23);1H. The summed E-state index contributed by atoms with van der Waals surface area (Å²) in [5, 5.41) is 9.15. The van der Waals surface area contributed by atoms with Crippen LogP contribution in [0.2, 0.25) is 0 Å². The van der Waals surface area contributed by atoms with Crippen LogP contribution >= 0.6 is 12.4 Å². The van der Waals surface area contributed by atoms with Crippen LogP contribution in [0.3, 0.4) is 0 Å². The van der Waals surface area contributed by atoms with Crippen LogP contribution in [-0.4, -0.2) is 18.4 Å². The summed E-state index contributed by atoms with van der Waals surface area (Å²) in [6, 6.07) is 11.5. The summed E-state index contributed by atoms with van der Waals surface area (Å²) in [5.41, 5.74) is 5.83. The number of hydrogen-bond acceptors (Lipinski definition) is 3. The zero-order valence-corrected chi connectivity index (χ0v) is 14.5. The normalized spacial score (nSPS) is 15.3. The average Bonchev–Trinajstić information content (AvgIpc) is 2.61. The molecule has 0 atom stereocenters. The maximum Gasteiger partial charge on any atom is 0.255 e. The van der Waals surface area contributed by atoms with E-state index in [1.54, 1.807) is 12.1 Å². The molecule has 2 aromatic carbocycles. The Hall–Kier alpha value is -2.37. The Morgan fingerprint density at radius 1 is 0.960 bits per heavy atom. The molecule has 0 aliphatic carbocycles. The van der Waals surface area contributed by atoms with E-state index in [9.17, 15) is 9.59 Å². The minimum Gasteiger partial charge on any atom is -0.326 e. The van der Waals surface area contributed by atoms with Gasteiger partial charge in [0, 0.05) is 29.9 Å². The van der Waals surface area contributed by atoms with E-state index in [1.165, 1.54) is 11.1 Å². The second-order valence-electron chi connectivity index (χ2n) is 6.28. The molecule has 0 bridgehead atoms. The number of benzene rings is 2. The molecule has 25 heavy (non-hydrogen) atoms. The van der Waals surface area contributed by atoms with Crippen LogP contribution in [0, 0.1) is 0 Å². The number of carbonyl (C=O) groups is 2. The molecule has 3 N–H and O–H groups in total. The van der Waals surface area contributed by atoms with Crippen molar-refractivity contribution < 1.29 is 9.59 Å². The second kappa shape index (κ2) is 7.25. The summed E-state index contributed by atoms with van der Waals surface area (Å²) in [5.74, 6) is -0.0965. The van der Waals surface area contributed by atoms with Gasteiger partial charge < -0.3 is 16.0 Å². The van der Waals surface area contributed by atoms with Crippen molar-refractivity contribution in [3.8, 4) is 0 Å². The molecule has 0 saturated carbocycles. The van der Waals surface area contributed by atoms with Crippen molar-refractivity contribution in [2.24, 2.45) is 0 Å². The number of fused-ring (bicyclic) bond motifs is 2. The third-order valence-corrected chi connectivity index (χ3v) is 4.61. The summed E-state index contributed by atoms with van der Waals surface area (Å²) < 4.78 is 0. The molecule has 0 radical (unpaired) electrons. The zero-order valence-electron chi connectivity index (χ0n) is 13.7. The largest absolute Gasteiger partial charge is 0.326 e. The molecule has 2 amide bonds. The third kappa shape index (κ3) is 3.67. The van der Waals surface area contributed by atoms with Crippen LogP contribution in [-0.2, 0) is 24.2 Å². The number of halogens is 1. The molecular weight excluding hydrogens is 338 g/mol. The lowest BCUT2D eigenvalue weighted by molar-refractivity contribution is -0.116. The van der Waals surface area contributed by atoms with Crippen molar-refractivity contribution in [3.05, 3.63) is 58.7 Å². The lowest BCUT2D eigenvalue weighted by Gasteiger charge is -2.19. The fraction of sp³-hybridized carbons (Fsp3) is 0.263. The Morgan fingerprint density at radius 2 is 1.84 bits per heavy atom. The second-order valence-corrected chi connectivity index (χ2v) is 6.28. The maximum absolute atomic E-state index is 12.5. The first-order valence-corrected chi connectivity index (χ1v) is 8.26. The number of carbonyl (C=O) groups excluding carboxylic acids is 2. The number of hydrogen-bond donors (Lipinski definition) is 3. The van der Waals surface area contributed by atoms with Gasteiger partial charge in [-0.3, -0.25) is 9.59 Å². The van der Waals surface area contributed by atoms with Crippen molar-refractivity contribution in [2.75, 3.05) is 17.2 Å². The molecule has 0 saturated heterocycles. The predicted octanol–water partition coefficient (Wildman–Crippen LogP) is 2.89. The topological polar surface area (TPSA) is 70.2 Å². The fourth-order valence-corrected chi connectivity index (χ4v) is 3.29. The molecule has 2 heterocycles. The molecule has 2 aromatic rings. The van der Waals surface area contributed by atoms with Crippen LogP contribution in [0.5, 0.6) is 0 Å². The molecule has 5 nitrogen and oxygen atoms in total. The minimum atomic E-state index is -0.126. The van der Waals surface area contributed by atoms with E-state index in [-0.39, 0.29) is 24.2 Å². The van der Waals surface area contributed by atoms with Gasteiger partial charge in [-0.2, -0.15) is 0 Å². The molecule has 6 heteroatoms. The maximum atomic E-state index is 12.5. The molecule has 0 aromatic heterocycles. The molecule has 4 rings (SSSR count). The van der Waals surface area contributed by atoms with Crippen molar-refractivity contribution in [1.29, 1.82) is 0 Å². The summed E-state index contributed by atoms with van der Waals surface area (Å²) >= 11 is 0. The van der Waals surface area contributed by atoms with Gasteiger partial charge >= 0.3 is 0 Å². The van der Waals surface area contributed by atoms with E-state index in [1.807, 2.05) is 18.2 Å². The number of aryl methyl sites for hydroxylation is 1. The first kappa shape index (κ1) is 17.5. The van der Waals surface area contributed by atoms with Gasteiger partial charge in [0.05, 0.1) is 0 Å². The van der Waals surface area contributed by atoms with Crippen LogP contribution in [0.25, 0.3) is 0 Å². The highest BCUT2D eigenvalue weighted by Gasteiger charge is 2.17. The van der Waals surface area contributed by atoms with Gasteiger partial charge in [-0.1, -0.05) is 6.07 Å². The van der Waals surface area contributed by atoms with Crippen LogP contribution in [0.15, 0.2) is 36.4 Å². The third-order valence-electron chi connectivity index (χ3n) is 4.61. The SMILES string of the molecule is Cl.O=C1CCc2cc(C(=O)Nc3ccc4c(c3)CNCC4)ccc2N1. The molecule has 130 valence electrons. The van der Waals surface area contributed by atoms with E-state index in [4.69, 9.17) is 0 Å². The zero-order chi connectivity index (χ0) is 16.5. The van der Waals surface area contributed by atoms with Gasteiger partial charge in [-0.25, -0.2) is 0 Å². The molecule has 2 aliphatic rings. The summed E-state index contributed by atoms with van der Waals surface area (Å²) in [6.07, 6.45) is 2.17. The quantitative estimate of drug-likeness (QED) is 0.774. The van der Waals surface area contributed by atoms with Gasteiger partial charge in [0.15, 0.2) is 0 Å². The van der Waals surface area contributed by atoms with Gasteiger partial charge in [0.2, 0.25) is 5.91 Å². The number of anilines is 2. The highest BCUT2D eigenvalue weighted by molar-refractivity contribution is 6.05. The smallest absolute Gasteiger partial charge is 0.255 e. The Bertz CT molecular complexity index is 835. The van der Waals surface area contributed by atoms with Crippen molar-refractivity contribution in [1.82, 2.24) is 5.32 Å². The summed E-state index contributed by atoms with van der Waals surface area (Å²) in [6.45, 7) is 1.85. The average molecular weight is 358 g/mol. The van der Waals surface area contributed by atoms with Gasteiger partial charge in [0.1, 0.15) is 0 Å². The first-order valence-electron chi connectivity index (χ1n) is 8.26. The van der Waals surface area contributed by atoms with E-state index in [0.717, 1.165) is 36.4 Å². The number of amides is 2. The lowest BCUT2D eigenvalue weighted by Crippen LogP contribution is -2.24. The monoisotopic (exact) mass is 357 g/mol. The van der Waals surface area contributed by atoms with Gasteiger partial charge in [-0.15, -0.1) is 12.4 Å². The Kier molecular flexibility index (Phi) is 5.06. The lowest BCUT2D eigenvalue weighted by atomic mass is 9.99. The van der Waals surface area contributed by atoms with E-state index in [0.29, 0.717) is 18.4 Å². The summed E-state index contributed by atoms with van der Waals surface area (Å²) in [4.78, 5) is 23.9. The first-order chi connectivity index (χ1) is 11.7. The van der Waals surface area contributed by atoms with Crippen molar-refractivity contribution >= 4 is 35.6 Å². The highest BCUT2D eigenvalue weighted by Crippen LogP contribution is 2.24. The molecule has 0 unspecified atom stereocenters.